The Balaban J connectivity index is 1.56. The Labute approximate surface area is 156 Å². The number of Topliss-reactive ketones (excluding diaryl/α,β-unsaturated/α-hetero) is 1. The van der Waals surface area contributed by atoms with E-state index in [2.05, 4.69) is 0 Å². The maximum Gasteiger partial charge on any atom is 0.315 e. The van der Waals surface area contributed by atoms with Gasteiger partial charge in [-0.25, -0.2) is 0 Å². The number of hydrogen-bond acceptors (Lipinski definition) is 4. The van der Waals surface area contributed by atoms with Crippen molar-refractivity contribution in [3.63, 3.8) is 0 Å². The lowest BCUT2D eigenvalue weighted by Gasteiger charge is -2.05. The van der Waals surface area contributed by atoms with Gasteiger partial charge in [0.2, 0.25) is 0 Å². The first-order valence-electron chi connectivity index (χ1n) is 8.87. The molecule has 0 unspecified atom stereocenters. The lowest BCUT2D eigenvalue weighted by molar-refractivity contribution is -0.133. The van der Waals surface area contributed by atoms with E-state index in [-0.39, 0.29) is 18.2 Å². The van der Waals surface area contributed by atoms with Crippen LogP contribution >= 0.6 is 0 Å². The molecule has 4 heteroatoms. The molecule has 4 rings (SSSR count). The Morgan fingerprint density at radius 2 is 1.74 bits per heavy atom. The molecule has 0 amide bonds. The third kappa shape index (κ3) is 3.34. The zero-order valence-corrected chi connectivity index (χ0v) is 14.9. The van der Waals surface area contributed by atoms with E-state index in [1.165, 1.54) is 0 Å². The number of furan rings is 1. The molecule has 0 bridgehead atoms. The first-order valence-corrected chi connectivity index (χ1v) is 8.87. The second kappa shape index (κ2) is 7.08. The van der Waals surface area contributed by atoms with E-state index in [0.29, 0.717) is 17.7 Å². The van der Waals surface area contributed by atoms with Crippen molar-refractivity contribution in [1.29, 1.82) is 0 Å². The van der Waals surface area contributed by atoms with E-state index in [0.717, 1.165) is 27.3 Å². The largest absolute Gasteiger partial charge is 0.464 e. The van der Waals surface area contributed by atoms with Gasteiger partial charge in [-0.2, -0.15) is 0 Å². The Morgan fingerprint density at radius 1 is 0.963 bits per heavy atom. The van der Waals surface area contributed by atoms with Crippen molar-refractivity contribution in [1.82, 2.24) is 0 Å². The number of carbonyl (C=O) groups excluding carboxylic acids is 2. The normalized spacial score (nSPS) is 11.0. The molecule has 0 saturated carbocycles. The van der Waals surface area contributed by atoms with Crippen LogP contribution in [0.15, 0.2) is 71.3 Å². The predicted octanol–water partition coefficient (Wildman–Crippen LogP) is 5.33. The van der Waals surface area contributed by atoms with Gasteiger partial charge in [-0.1, -0.05) is 37.3 Å². The molecule has 4 aromatic rings. The van der Waals surface area contributed by atoms with Crippen molar-refractivity contribution < 1.29 is 18.7 Å². The Kier molecular flexibility index (Phi) is 4.47. The molecule has 0 aliphatic heterocycles. The highest BCUT2D eigenvalue weighted by Gasteiger charge is 2.15. The number of carbonyl (C=O) groups is 2. The Morgan fingerprint density at radius 3 is 2.52 bits per heavy atom. The molecule has 0 N–H and O–H groups in total. The number of benzene rings is 3. The van der Waals surface area contributed by atoms with Crippen molar-refractivity contribution in [2.45, 2.75) is 19.8 Å². The van der Waals surface area contributed by atoms with Crippen LogP contribution in [0.1, 0.15) is 29.3 Å². The average molecular weight is 358 g/mol. The number of ketones is 1. The van der Waals surface area contributed by atoms with Gasteiger partial charge in [0, 0.05) is 22.9 Å². The molecule has 0 fully saturated rings. The monoisotopic (exact) mass is 358 g/mol. The maximum atomic E-state index is 12.4. The Bertz CT molecular complexity index is 1140. The van der Waals surface area contributed by atoms with Crippen molar-refractivity contribution in [3.05, 3.63) is 78.1 Å². The molecule has 4 nitrogen and oxygen atoms in total. The molecule has 0 radical (unpaired) electrons. The summed E-state index contributed by atoms with van der Waals surface area (Å²) in [5.41, 5.74) is 2.16. The summed E-state index contributed by atoms with van der Waals surface area (Å²) < 4.78 is 11.0. The fourth-order valence-corrected chi connectivity index (χ4v) is 3.24. The van der Waals surface area contributed by atoms with Gasteiger partial charge in [-0.05, 0) is 41.1 Å². The summed E-state index contributed by atoms with van der Waals surface area (Å²) in [5.74, 6) is 0.107. The molecule has 1 aromatic heterocycles. The van der Waals surface area contributed by atoms with Crippen LogP contribution in [0.4, 0.5) is 0 Å². The smallest absolute Gasteiger partial charge is 0.315 e. The SMILES string of the molecule is CCC(=O)c1ccc(OC(=O)Cc2coc3ccc4ccccc4c23)cc1. The first kappa shape index (κ1) is 17.0. The van der Waals surface area contributed by atoms with Crippen LogP contribution < -0.4 is 4.74 Å². The van der Waals surface area contributed by atoms with Gasteiger partial charge in [0.1, 0.15) is 11.3 Å². The third-order valence-corrected chi connectivity index (χ3v) is 4.60. The fourth-order valence-electron chi connectivity index (χ4n) is 3.24. The van der Waals surface area contributed by atoms with Crippen LogP contribution in [0.3, 0.4) is 0 Å². The van der Waals surface area contributed by atoms with Gasteiger partial charge in [0.15, 0.2) is 5.78 Å². The second-order valence-electron chi connectivity index (χ2n) is 6.37. The molecule has 0 atom stereocenters. The van der Waals surface area contributed by atoms with Gasteiger partial charge < -0.3 is 9.15 Å². The molecule has 0 saturated heterocycles. The molecule has 0 aliphatic carbocycles. The Hall–Kier alpha value is -3.40. The number of esters is 1. The topological polar surface area (TPSA) is 56.5 Å². The highest BCUT2D eigenvalue weighted by atomic mass is 16.5. The molecule has 0 spiro atoms. The number of ether oxygens (including phenoxy) is 1. The van der Waals surface area contributed by atoms with Crippen molar-refractivity contribution >= 4 is 33.5 Å². The minimum atomic E-state index is -0.375. The molecule has 134 valence electrons. The lowest BCUT2D eigenvalue weighted by Crippen LogP contribution is -2.11. The third-order valence-electron chi connectivity index (χ3n) is 4.60. The van der Waals surface area contributed by atoms with Crippen LogP contribution in [0.25, 0.3) is 21.7 Å². The summed E-state index contributed by atoms with van der Waals surface area (Å²) in [4.78, 5) is 24.1. The van der Waals surface area contributed by atoms with E-state index in [9.17, 15) is 9.59 Å². The van der Waals surface area contributed by atoms with E-state index < -0.39 is 0 Å². The zero-order valence-electron chi connectivity index (χ0n) is 14.9. The summed E-state index contributed by atoms with van der Waals surface area (Å²) in [6.45, 7) is 1.81. The summed E-state index contributed by atoms with van der Waals surface area (Å²) >= 11 is 0. The second-order valence-corrected chi connectivity index (χ2v) is 6.37. The maximum absolute atomic E-state index is 12.4. The van der Waals surface area contributed by atoms with Crippen molar-refractivity contribution in [2.24, 2.45) is 0 Å². The summed E-state index contributed by atoms with van der Waals surface area (Å²) in [6.07, 6.45) is 2.17. The van der Waals surface area contributed by atoms with Crippen LogP contribution in [0.5, 0.6) is 5.75 Å². The zero-order chi connectivity index (χ0) is 18.8. The fraction of sp³-hybridized carbons (Fsp3) is 0.130. The minimum Gasteiger partial charge on any atom is -0.464 e. The van der Waals surface area contributed by atoms with Gasteiger partial charge in [0.25, 0.3) is 0 Å². The van der Waals surface area contributed by atoms with Crippen LogP contribution in [0.2, 0.25) is 0 Å². The standard InChI is InChI=1S/C23H18O4/c1-2-20(24)16-7-10-18(11-8-16)27-22(25)13-17-14-26-21-12-9-15-5-3-4-6-19(15)23(17)21/h3-12,14H,2,13H2,1H3. The van der Waals surface area contributed by atoms with Crippen molar-refractivity contribution in [2.75, 3.05) is 0 Å². The van der Waals surface area contributed by atoms with Gasteiger partial charge in [-0.15, -0.1) is 0 Å². The summed E-state index contributed by atoms with van der Waals surface area (Å²) in [7, 11) is 0. The van der Waals surface area contributed by atoms with Gasteiger partial charge >= 0.3 is 5.97 Å². The predicted molar refractivity (Wildman–Crippen MR) is 104 cm³/mol. The molecule has 0 aliphatic rings. The lowest BCUT2D eigenvalue weighted by atomic mass is 10.0. The first-order chi connectivity index (χ1) is 13.2. The minimum absolute atomic E-state index is 0.0598. The van der Waals surface area contributed by atoms with E-state index in [1.54, 1.807) is 30.5 Å². The number of rotatable bonds is 5. The van der Waals surface area contributed by atoms with E-state index in [4.69, 9.17) is 9.15 Å². The quantitative estimate of drug-likeness (QED) is 0.275. The molecule has 3 aromatic carbocycles. The number of hydrogen-bond donors (Lipinski definition) is 0. The molecular weight excluding hydrogens is 340 g/mol. The van der Waals surface area contributed by atoms with E-state index in [1.807, 2.05) is 43.3 Å². The highest BCUT2D eigenvalue weighted by molar-refractivity contribution is 6.08. The highest BCUT2D eigenvalue weighted by Crippen LogP contribution is 2.30. The van der Waals surface area contributed by atoms with E-state index >= 15 is 0 Å². The van der Waals surface area contributed by atoms with Crippen molar-refractivity contribution in [3.8, 4) is 5.75 Å². The summed E-state index contributed by atoms with van der Waals surface area (Å²) in [6, 6.07) is 18.6. The number of fused-ring (bicyclic) bond motifs is 3. The van der Waals surface area contributed by atoms with Gasteiger partial charge in [0.05, 0.1) is 12.7 Å². The average Bonchev–Trinajstić information content (AvgIpc) is 3.11. The van der Waals surface area contributed by atoms with Gasteiger partial charge in [-0.3, -0.25) is 9.59 Å². The van der Waals surface area contributed by atoms with Crippen LogP contribution in [0, 0.1) is 0 Å². The molecular formula is C23H18O4. The molecule has 1 heterocycles. The summed E-state index contributed by atoms with van der Waals surface area (Å²) in [5, 5.41) is 3.08. The van der Waals surface area contributed by atoms with Crippen LogP contribution in [-0.2, 0) is 11.2 Å². The molecule has 27 heavy (non-hydrogen) atoms. The van der Waals surface area contributed by atoms with Crippen LogP contribution in [-0.4, -0.2) is 11.8 Å².